The van der Waals surface area contributed by atoms with Crippen molar-refractivity contribution in [1.29, 1.82) is 5.41 Å². The van der Waals surface area contributed by atoms with Crippen LogP contribution >= 0.6 is 59.6 Å². The van der Waals surface area contributed by atoms with Crippen LogP contribution in [0.25, 0.3) is 0 Å². The van der Waals surface area contributed by atoms with E-state index in [0.29, 0.717) is 20.3 Å². The normalized spacial score (nSPS) is 9.05. The first kappa shape index (κ1) is 21.1. The molecular formula is C13H13Cl3N4S2. The molecule has 0 saturated heterocycles. The first-order valence-corrected chi connectivity index (χ1v) is 7.98. The van der Waals surface area contributed by atoms with E-state index in [2.05, 4.69) is 9.97 Å². The molecule has 0 saturated carbocycles. The molecule has 118 valence electrons. The lowest BCUT2D eigenvalue weighted by atomic mass is 10.3. The number of aromatic nitrogens is 2. The van der Waals surface area contributed by atoms with E-state index in [1.807, 2.05) is 6.26 Å². The quantitative estimate of drug-likeness (QED) is 0.345. The van der Waals surface area contributed by atoms with Crippen LogP contribution in [0.3, 0.4) is 0 Å². The minimum Gasteiger partial charge on any atom is -0.389 e. The van der Waals surface area contributed by atoms with E-state index < -0.39 is 0 Å². The number of hydrogen-bond acceptors (Lipinski definition) is 5. The van der Waals surface area contributed by atoms with Crippen molar-refractivity contribution in [1.82, 2.24) is 9.97 Å². The van der Waals surface area contributed by atoms with Crippen molar-refractivity contribution < 1.29 is 0 Å². The van der Waals surface area contributed by atoms with Crippen LogP contribution in [-0.4, -0.2) is 26.3 Å². The number of thiocarbonyl (C=S) groups is 1. The summed E-state index contributed by atoms with van der Waals surface area (Å²) in [6.45, 7) is 0. The highest BCUT2D eigenvalue weighted by molar-refractivity contribution is 8.13. The van der Waals surface area contributed by atoms with Crippen molar-refractivity contribution in [2.24, 2.45) is 5.73 Å². The van der Waals surface area contributed by atoms with E-state index in [1.54, 1.807) is 36.7 Å². The standard InChI is InChI=1S/C7H7ClN2S.C6H5ClN2S.ClH/c1-11-7(9)5-2-3-10-6(8)4-5;7-5-3-4(6(8)10)1-2-9-5;/h2-4,9H,1H3;1-3H,(H2,8,10);1H. The zero-order valence-corrected chi connectivity index (χ0v) is 15.4. The maximum atomic E-state index is 7.45. The van der Waals surface area contributed by atoms with Gasteiger partial charge in [0, 0.05) is 23.5 Å². The lowest BCUT2D eigenvalue weighted by Gasteiger charge is -1.98. The van der Waals surface area contributed by atoms with Crippen molar-refractivity contribution >= 4 is 69.6 Å². The molecule has 0 aliphatic rings. The van der Waals surface area contributed by atoms with Crippen molar-refractivity contribution in [2.45, 2.75) is 0 Å². The molecule has 3 N–H and O–H groups in total. The van der Waals surface area contributed by atoms with Gasteiger partial charge in [0.25, 0.3) is 0 Å². The van der Waals surface area contributed by atoms with Crippen molar-refractivity contribution in [3.05, 3.63) is 58.1 Å². The summed E-state index contributed by atoms with van der Waals surface area (Å²) in [4.78, 5) is 7.93. The molecule has 2 rings (SSSR count). The number of pyridine rings is 2. The van der Waals surface area contributed by atoms with Crippen molar-refractivity contribution in [3.8, 4) is 0 Å². The second-order valence-electron chi connectivity index (χ2n) is 3.63. The van der Waals surface area contributed by atoms with Gasteiger partial charge in [-0.15, -0.1) is 24.2 Å². The molecule has 0 unspecified atom stereocenters. The summed E-state index contributed by atoms with van der Waals surface area (Å²) in [6.07, 6.45) is 5.02. The molecule has 4 nitrogen and oxygen atoms in total. The van der Waals surface area contributed by atoms with Crippen molar-refractivity contribution in [2.75, 3.05) is 6.26 Å². The maximum Gasteiger partial charge on any atom is 0.129 e. The highest BCUT2D eigenvalue weighted by Crippen LogP contribution is 2.12. The van der Waals surface area contributed by atoms with Gasteiger partial charge in [-0.1, -0.05) is 35.4 Å². The Balaban J connectivity index is 0.000000385. The molecule has 0 aliphatic carbocycles. The Morgan fingerprint density at radius 3 is 1.95 bits per heavy atom. The van der Waals surface area contributed by atoms with E-state index >= 15 is 0 Å². The molecule has 0 amide bonds. The minimum atomic E-state index is 0. The molecule has 0 aromatic carbocycles. The first-order valence-electron chi connectivity index (χ1n) is 5.60. The highest BCUT2D eigenvalue weighted by atomic mass is 35.5. The van der Waals surface area contributed by atoms with Crippen LogP contribution in [0.2, 0.25) is 10.3 Å². The Labute approximate surface area is 154 Å². The average Bonchev–Trinajstić information content (AvgIpc) is 2.47. The Morgan fingerprint density at radius 1 is 1.14 bits per heavy atom. The molecule has 9 heteroatoms. The number of nitrogens with one attached hydrogen (secondary N) is 1. The fourth-order valence-corrected chi connectivity index (χ4v) is 2.05. The van der Waals surface area contributed by atoms with Gasteiger partial charge in [0.05, 0.1) is 5.04 Å². The Kier molecular flexibility index (Phi) is 10.3. The zero-order valence-electron chi connectivity index (χ0n) is 11.4. The van der Waals surface area contributed by atoms with Crippen LogP contribution in [0, 0.1) is 5.41 Å². The van der Waals surface area contributed by atoms with Crippen LogP contribution in [0.1, 0.15) is 11.1 Å². The molecule has 0 radical (unpaired) electrons. The number of nitrogens with two attached hydrogens (primary N) is 1. The van der Waals surface area contributed by atoms with Gasteiger partial charge in [-0.3, -0.25) is 5.41 Å². The molecule has 0 aliphatic heterocycles. The summed E-state index contributed by atoms with van der Waals surface area (Å²) in [7, 11) is 0. The minimum absolute atomic E-state index is 0. The fourth-order valence-electron chi connectivity index (χ4n) is 1.22. The third-order valence-electron chi connectivity index (χ3n) is 2.20. The molecule has 2 heterocycles. The van der Waals surface area contributed by atoms with Crippen LogP contribution < -0.4 is 5.73 Å². The number of rotatable bonds is 2. The van der Waals surface area contributed by atoms with E-state index in [9.17, 15) is 0 Å². The molecule has 0 spiro atoms. The van der Waals surface area contributed by atoms with Gasteiger partial charge in [0.15, 0.2) is 0 Å². The van der Waals surface area contributed by atoms with E-state index in [-0.39, 0.29) is 12.4 Å². The van der Waals surface area contributed by atoms with E-state index in [0.717, 1.165) is 11.1 Å². The van der Waals surface area contributed by atoms with E-state index in [1.165, 1.54) is 11.8 Å². The first-order chi connectivity index (χ1) is 9.93. The molecule has 0 atom stereocenters. The summed E-state index contributed by atoms with van der Waals surface area (Å²) in [5.74, 6) is 0. The average molecular weight is 396 g/mol. The van der Waals surface area contributed by atoms with Crippen LogP contribution in [0.4, 0.5) is 0 Å². The maximum absolute atomic E-state index is 7.45. The molecular weight excluding hydrogens is 383 g/mol. The van der Waals surface area contributed by atoms with Gasteiger partial charge in [-0.25, -0.2) is 9.97 Å². The zero-order chi connectivity index (χ0) is 15.8. The molecule has 2 aromatic heterocycles. The van der Waals surface area contributed by atoms with Crippen molar-refractivity contribution in [3.63, 3.8) is 0 Å². The Morgan fingerprint density at radius 2 is 1.59 bits per heavy atom. The summed E-state index contributed by atoms with van der Waals surface area (Å²) in [5.41, 5.74) is 6.89. The summed E-state index contributed by atoms with van der Waals surface area (Å²) in [5, 5.41) is 8.80. The summed E-state index contributed by atoms with van der Waals surface area (Å²) < 4.78 is 0. The predicted octanol–water partition coefficient (Wildman–Crippen LogP) is 4.21. The molecule has 0 fully saturated rings. The molecule has 0 bridgehead atoms. The van der Waals surface area contributed by atoms with Gasteiger partial charge in [0.1, 0.15) is 15.3 Å². The molecule has 2 aromatic rings. The second kappa shape index (κ2) is 10.7. The van der Waals surface area contributed by atoms with Gasteiger partial charge < -0.3 is 5.73 Å². The third-order valence-corrected chi connectivity index (χ3v) is 3.50. The van der Waals surface area contributed by atoms with Gasteiger partial charge in [0.2, 0.25) is 0 Å². The topological polar surface area (TPSA) is 75.7 Å². The SMILES string of the molecule is CSC(=N)c1ccnc(Cl)c1.Cl.NC(=S)c1ccnc(Cl)c1. The molecule has 22 heavy (non-hydrogen) atoms. The van der Waals surface area contributed by atoms with Gasteiger partial charge in [-0.05, 0) is 30.5 Å². The van der Waals surface area contributed by atoms with Crippen LogP contribution in [-0.2, 0) is 0 Å². The number of hydrogen-bond donors (Lipinski definition) is 2. The van der Waals surface area contributed by atoms with Gasteiger partial charge >= 0.3 is 0 Å². The predicted molar refractivity (Wildman–Crippen MR) is 102 cm³/mol. The number of halogens is 3. The fraction of sp³-hybridized carbons (Fsp3) is 0.0769. The second-order valence-corrected chi connectivity index (χ2v) is 5.66. The van der Waals surface area contributed by atoms with Crippen LogP contribution in [0.15, 0.2) is 36.7 Å². The highest BCUT2D eigenvalue weighted by Gasteiger charge is 1.99. The Bertz CT molecular complexity index is 653. The Hall–Kier alpha value is -0.920. The van der Waals surface area contributed by atoms with Gasteiger partial charge in [-0.2, -0.15) is 0 Å². The number of thioether (sulfide) groups is 1. The number of nitrogens with zero attached hydrogens (tertiary/aromatic N) is 2. The smallest absolute Gasteiger partial charge is 0.129 e. The lowest BCUT2D eigenvalue weighted by Crippen LogP contribution is -2.08. The van der Waals surface area contributed by atoms with Crippen LogP contribution in [0.5, 0.6) is 0 Å². The largest absolute Gasteiger partial charge is 0.389 e. The third kappa shape index (κ3) is 7.38. The summed E-state index contributed by atoms with van der Waals surface area (Å²) in [6, 6.07) is 6.79. The summed E-state index contributed by atoms with van der Waals surface area (Å²) >= 11 is 17.3. The van der Waals surface area contributed by atoms with E-state index in [4.69, 9.17) is 46.6 Å². The monoisotopic (exact) mass is 394 g/mol. The lowest BCUT2D eigenvalue weighted by molar-refractivity contribution is 1.32.